The summed E-state index contributed by atoms with van der Waals surface area (Å²) in [5.74, 6) is -1.44. The SMILES string of the molecule is COc1cc(Cl)cc2cc(C(=O)C3=C(O)C(=O)N(c4ccccc4)C3c3sccc3C)oc12. The van der Waals surface area contributed by atoms with Gasteiger partial charge in [0, 0.05) is 27.0 Å². The number of aliphatic hydroxyl groups is 1. The standard InChI is InChI=1S/C25H18ClNO5S/c1-13-8-9-33-24(13)20-19(22(29)25(30)27(20)16-6-4-3-5-7-16)21(28)17-11-14-10-15(26)12-18(31-2)23(14)32-17/h3-12,20,29H,1-2H3. The van der Waals surface area contributed by atoms with E-state index in [9.17, 15) is 14.7 Å². The lowest BCUT2D eigenvalue weighted by Crippen LogP contribution is -2.30. The molecule has 1 aliphatic rings. The van der Waals surface area contributed by atoms with Gasteiger partial charge in [-0.3, -0.25) is 14.5 Å². The number of nitrogens with zero attached hydrogens (tertiary/aromatic N) is 1. The molecule has 0 aliphatic carbocycles. The normalized spacial score (nSPS) is 16.2. The predicted octanol–water partition coefficient (Wildman–Crippen LogP) is 6.25. The first-order valence-corrected chi connectivity index (χ1v) is 11.3. The number of carbonyl (C=O) groups excluding carboxylic acids is 2. The molecule has 0 radical (unpaired) electrons. The van der Waals surface area contributed by atoms with Crippen molar-refractivity contribution in [3.8, 4) is 5.75 Å². The highest BCUT2D eigenvalue weighted by Gasteiger charge is 2.46. The van der Waals surface area contributed by atoms with Crippen LogP contribution < -0.4 is 9.64 Å². The zero-order valence-electron chi connectivity index (χ0n) is 17.7. The first-order chi connectivity index (χ1) is 15.9. The van der Waals surface area contributed by atoms with E-state index < -0.39 is 23.5 Å². The molecule has 3 heterocycles. The molecule has 1 aliphatic heterocycles. The fourth-order valence-electron chi connectivity index (χ4n) is 4.09. The lowest BCUT2D eigenvalue weighted by Gasteiger charge is -2.26. The fraction of sp³-hybridized carbons (Fsp3) is 0.120. The van der Waals surface area contributed by atoms with Crippen LogP contribution in [0.15, 0.2) is 75.7 Å². The minimum absolute atomic E-state index is 0.0194. The maximum Gasteiger partial charge on any atom is 0.294 e. The monoisotopic (exact) mass is 479 g/mol. The van der Waals surface area contributed by atoms with E-state index in [0.29, 0.717) is 27.4 Å². The Balaban J connectivity index is 1.67. The van der Waals surface area contributed by atoms with Gasteiger partial charge >= 0.3 is 0 Å². The average Bonchev–Trinajstić information content (AvgIpc) is 3.49. The number of amides is 1. The molecule has 0 fully saturated rings. The summed E-state index contributed by atoms with van der Waals surface area (Å²) in [6.07, 6.45) is 0. The molecular formula is C25H18ClNO5S. The number of hydrogen-bond acceptors (Lipinski definition) is 6. The van der Waals surface area contributed by atoms with Crippen LogP contribution in [-0.2, 0) is 4.79 Å². The maximum absolute atomic E-state index is 13.7. The van der Waals surface area contributed by atoms with Gasteiger partial charge in [0.05, 0.1) is 12.7 Å². The number of fused-ring (bicyclic) bond motifs is 1. The molecule has 1 N–H and O–H groups in total. The first kappa shape index (κ1) is 21.3. The number of furan rings is 1. The summed E-state index contributed by atoms with van der Waals surface area (Å²) in [6.45, 7) is 1.91. The van der Waals surface area contributed by atoms with E-state index in [-0.39, 0.29) is 11.3 Å². The van der Waals surface area contributed by atoms with Gasteiger partial charge in [-0.1, -0.05) is 29.8 Å². The molecule has 1 amide bonds. The molecule has 2 aromatic heterocycles. The molecule has 0 saturated heterocycles. The number of anilines is 1. The number of ketones is 1. The molecule has 166 valence electrons. The van der Waals surface area contributed by atoms with Gasteiger partial charge in [-0.25, -0.2) is 0 Å². The van der Waals surface area contributed by atoms with Crippen molar-refractivity contribution in [2.45, 2.75) is 13.0 Å². The van der Waals surface area contributed by atoms with Crippen molar-refractivity contribution < 1.29 is 23.8 Å². The van der Waals surface area contributed by atoms with E-state index in [4.69, 9.17) is 20.8 Å². The Bertz CT molecular complexity index is 1440. The number of aliphatic hydroxyl groups excluding tert-OH is 1. The van der Waals surface area contributed by atoms with Crippen LogP contribution >= 0.6 is 22.9 Å². The Morgan fingerprint density at radius 2 is 1.94 bits per heavy atom. The lowest BCUT2D eigenvalue weighted by atomic mass is 9.98. The minimum Gasteiger partial charge on any atom is -0.503 e. The minimum atomic E-state index is -0.786. The van der Waals surface area contributed by atoms with E-state index in [1.165, 1.54) is 23.3 Å². The van der Waals surface area contributed by atoms with E-state index >= 15 is 0 Å². The van der Waals surface area contributed by atoms with Gasteiger partial charge in [-0.05, 0) is 48.2 Å². The molecule has 5 rings (SSSR count). The van der Waals surface area contributed by atoms with Crippen LogP contribution in [0.1, 0.15) is 27.0 Å². The number of ether oxygens (including phenoxy) is 1. The molecule has 0 saturated carbocycles. The molecule has 1 atom stereocenters. The topological polar surface area (TPSA) is 80.0 Å². The number of halogens is 1. The van der Waals surface area contributed by atoms with Crippen molar-refractivity contribution in [2.24, 2.45) is 0 Å². The fourth-order valence-corrected chi connectivity index (χ4v) is 5.33. The lowest BCUT2D eigenvalue weighted by molar-refractivity contribution is -0.117. The van der Waals surface area contributed by atoms with E-state index in [1.54, 1.807) is 42.5 Å². The molecule has 33 heavy (non-hydrogen) atoms. The second-order valence-electron chi connectivity index (χ2n) is 7.61. The highest BCUT2D eigenvalue weighted by molar-refractivity contribution is 7.10. The summed E-state index contributed by atoms with van der Waals surface area (Å²) in [4.78, 5) is 29.1. The molecule has 0 spiro atoms. The number of methoxy groups -OCH3 is 1. The summed E-state index contributed by atoms with van der Waals surface area (Å²) in [6, 6.07) is 14.9. The zero-order valence-corrected chi connectivity index (χ0v) is 19.2. The van der Waals surface area contributed by atoms with Crippen LogP contribution in [0.5, 0.6) is 5.75 Å². The second-order valence-corrected chi connectivity index (χ2v) is 8.99. The van der Waals surface area contributed by atoms with Crippen LogP contribution in [0.3, 0.4) is 0 Å². The molecule has 2 aromatic carbocycles. The van der Waals surface area contributed by atoms with Gasteiger partial charge in [-0.15, -0.1) is 11.3 Å². The molecule has 6 nitrogen and oxygen atoms in total. The van der Waals surface area contributed by atoms with Crippen molar-refractivity contribution >= 4 is 51.3 Å². The van der Waals surface area contributed by atoms with E-state index in [0.717, 1.165) is 10.4 Å². The number of Topliss-reactive ketones (excluding diaryl/α,β-unsaturated/α-hetero) is 1. The van der Waals surface area contributed by atoms with Gasteiger partial charge in [0.1, 0.15) is 6.04 Å². The zero-order chi connectivity index (χ0) is 23.3. The quantitative estimate of drug-likeness (QED) is 0.342. The summed E-state index contributed by atoms with van der Waals surface area (Å²) in [5, 5.41) is 13.8. The van der Waals surface area contributed by atoms with Crippen LogP contribution in [-0.4, -0.2) is 23.9 Å². The van der Waals surface area contributed by atoms with Gasteiger partial charge in [-0.2, -0.15) is 0 Å². The third-order valence-corrected chi connectivity index (χ3v) is 6.92. The smallest absolute Gasteiger partial charge is 0.294 e. The summed E-state index contributed by atoms with van der Waals surface area (Å²) in [7, 11) is 1.48. The maximum atomic E-state index is 13.7. The molecule has 1 unspecified atom stereocenters. The number of aryl methyl sites for hydroxylation is 1. The van der Waals surface area contributed by atoms with Crippen molar-refractivity contribution in [1.82, 2.24) is 0 Å². The number of hydrogen-bond donors (Lipinski definition) is 1. The number of thiophene rings is 1. The van der Waals surface area contributed by atoms with E-state index in [1.807, 2.05) is 24.4 Å². The summed E-state index contributed by atoms with van der Waals surface area (Å²) >= 11 is 7.57. The Kier molecular flexibility index (Phi) is 5.23. The number of rotatable bonds is 5. The number of para-hydroxylation sites is 1. The highest BCUT2D eigenvalue weighted by atomic mass is 35.5. The third kappa shape index (κ3) is 3.41. The van der Waals surface area contributed by atoms with Gasteiger partial charge in [0.2, 0.25) is 5.78 Å². The van der Waals surface area contributed by atoms with Crippen LogP contribution in [0, 0.1) is 6.92 Å². The Morgan fingerprint density at radius 3 is 2.61 bits per heavy atom. The Labute approximate surface area is 198 Å². The van der Waals surface area contributed by atoms with Crippen molar-refractivity contribution in [1.29, 1.82) is 0 Å². The Hall–Kier alpha value is -3.55. The number of carbonyl (C=O) groups is 2. The van der Waals surface area contributed by atoms with Gasteiger partial charge < -0.3 is 14.3 Å². The third-order valence-electron chi connectivity index (χ3n) is 5.63. The van der Waals surface area contributed by atoms with Crippen molar-refractivity contribution in [2.75, 3.05) is 12.0 Å². The van der Waals surface area contributed by atoms with Crippen molar-refractivity contribution in [3.63, 3.8) is 0 Å². The Morgan fingerprint density at radius 1 is 1.18 bits per heavy atom. The molecule has 4 aromatic rings. The second kappa shape index (κ2) is 8.10. The average molecular weight is 480 g/mol. The van der Waals surface area contributed by atoms with Crippen molar-refractivity contribution in [3.05, 3.63) is 92.5 Å². The highest BCUT2D eigenvalue weighted by Crippen LogP contribution is 2.45. The van der Waals surface area contributed by atoms with Gasteiger partial charge in [0.25, 0.3) is 5.91 Å². The largest absolute Gasteiger partial charge is 0.503 e. The van der Waals surface area contributed by atoms with E-state index in [2.05, 4.69) is 0 Å². The van der Waals surface area contributed by atoms with Crippen LogP contribution in [0.2, 0.25) is 5.02 Å². The molecular weight excluding hydrogens is 462 g/mol. The molecule has 8 heteroatoms. The number of benzene rings is 2. The van der Waals surface area contributed by atoms with Crippen LogP contribution in [0.25, 0.3) is 11.0 Å². The molecule has 0 bridgehead atoms. The first-order valence-electron chi connectivity index (χ1n) is 10.1. The summed E-state index contributed by atoms with van der Waals surface area (Å²) in [5.41, 5.74) is 1.82. The van der Waals surface area contributed by atoms with Gasteiger partial charge in [0.15, 0.2) is 22.9 Å². The predicted molar refractivity (Wildman–Crippen MR) is 127 cm³/mol. The van der Waals surface area contributed by atoms with Crippen LogP contribution in [0.4, 0.5) is 5.69 Å². The summed E-state index contributed by atoms with van der Waals surface area (Å²) < 4.78 is 11.2.